The minimum absolute atomic E-state index is 0.0691. The van der Waals surface area contributed by atoms with Gasteiger partial charge < -0.3 is 15.9 Å². The van der Waals surface area contributed by atoms with Crippen LogP contribution in [0.2, 0.25) is 0 Å². The summed E-state index contributed by atoms with van der Waals surface area (Å²) >= 11 is 0. The van der Waals surface area contributed by atoms with Crippen molar-refractivity contribution in [1.29, 1.82) is 0 Å². The Morgan fingerprint density at radius 3 is 2.48 bits per heavy atom. The van der Waals surface area contributed by atoms with Gasteiger partial charge in [-0.2, -0.15) is 0 Å². The number of benzene rings is 1. The van der Waals surface area contributed by atoms with Gasteiger partial charge in [0.25, 0.3) is 11.8 Å². The SMILES string of the molecule is NC(CNC(=O)ON1C(=O)CCC1=O)Cc1ccccc1. The van der Waals surface area contributed by atoms with Crippen molar-refractivity contribution in [2.45, 2.75) is 25.3 Å². The van der Waals surface area contributed by atoms with E-state index in [1.807, 2.05) is 30.3 Å². The van der Waals surface area contributed by atoms with Gasteiger partial charge in [0.1, 0.15) is 0 Å². The molecule has 3 N–H and O–H groups in total. The molecule has 1 aliphatic rings. The van der Waals surface area contributed by atoms with Crippen molar-refractivity contribution in [2.24, 2.45) is 5.73 Å². The lowest BCUT2D eigenvalue weighted by molar-refractivity contribution is -0.171. The molecule has 1 saturated heterocycles. The molecule has 3 amide bonds. The van der Waals surface area contributed by atoms with Crippen LogP contribution in [0.3, 0.4) is 0 Å². The third-order valence-electron chi connectivity index (χ3n) is 3.03. The van der Waals surface area contributed by atoms with Crippen molar-refractivity contribution < 1.29 is 19.2 Å². The Morgan fingerprint density at radius 1 is 1.24 bits per heavy atom. The molecule has 0 radical (unpaired) electrons. The highest BCUT2D eigenvalue weighted by Gasteiger charge is 2.32. The Hall–Kier alpha value is -2.41. The Bertz CT molecular complexity index is 516. The molecule has 0 spiro atoms. The van der Waals surface area contributed by atoms with Gasteiger partial charge in [-0.15, -0.1) is 5.06 Å². The maximum atomic E-state index is 11.5. The third kappa shape index (κ3) is 4.28. The minimum Gasteiger partial charge on any atom is -0.326 e. The molecule has 112 valence electrons. The van der Waals surface area contributed by atoms with E-state index in [4.69, 9.17) is 5.73 Å². The molecule has 2 rings (SSSR count). The third-order valence-corrected chi connectivity index (χ3v) is 3.03. The number of carbonyl (C=O) groups is 3. The Labute approximate surface area is 122 Å². The fourth-order valence-corrected chi connectivity index (χ4v) is 1.98. The first-order valence-corrected chi connectivity index (χ1v) is 6.67. The average Bonchev–Trinajstić information content (AvgIpc) is 2.78. The van der Waals surface area contributed by atoms with E-state index in [2.05, 4.69) is 10.2 Å². The van der Waals surface area contributed by atoms with E-state index in [-0.39, 0.29) is 25.4 Å². The Morgan fingerprint density at radius 2 is 1.86 bits per heavy atom. The summed E-state index contributed by atoms with van der Waals surface area (Å²) in [5.41, 5.74) is 6.96. The summed E-state index contributed by atoms with van der Waals surface area (Å²) in [6.45, 7) is 0.184. The van der Waals surface area contributed by atoms with Crippen LogP contribution in [0.5, 0.6) is 0 Å². The van der Waals surface area contributed by atoms with Crippen LogP contribution >= 0.6 is 0 Å². The van der Waals surface area contributed by atoms with Gasteiger partial charge in [-0.25, -0.2) is 4.79 Å². The van der Waals surface area contributed by atoms with Crippen LogP contribution in [0.25, 0.3) is 0 Å². The van der Waals surface area contributed by atoms with E-state index in [1.165, 1.54) is 0 Å². The average molecular weight is 291 g/mol. The van der Waals surface area contributed by atoms with Gasteiger partial charge in [-0.1, -0.05) is 30.3 Å². The first kappa shape index (κ1) is 15.0. The van der Waals surface area contributed by atoms with Gasteiger partial charge in [0.15, 0.2) is 0 Å². The summed E-state index contributed by atoms with van der Waals surface area (Å²) in [5, 5.41) is 2.94. The molecule has 7 nitrogen and oxygen atoms in total. The normalized spacial score (nSPS) is 16.0. The summed E-state index contributed by atoms with van der Waals surface area (Å²) in [6.07, 6.45) is -0.121. The number of hydrogen-bond donors (Lipinski definition) is 2. The van der Waals surface area contributed by atoms with Crippen LogP contribution < -0.4 is 11.1 Å². The first-order chi connectivity index (χ1) is 10.1. The summed E-state index contributed by atoms with van der Waals surface area (Å²) < 4.78 is 0. The summed E-state index contributed by atoms with van der Waals surface area (Å²) in [6, 6.07) is 9.33. The molecule has 0 aromatic heterocycles. The van der Waals surface area contributed by atoms with Crippen LogP contribution in [0, 0.1) is 0 Å². The zero-order chi connectivity index (χ0) is 15.2. The Kier molecular flexibility index (Phi) is 4.89. The monoisotopic (exact) mass is 291 g/mol. The van der Waals surface area contributed by atoms with Crippen molar-refractivity contribution in [1.82, 2.24) is 10.4 Å². The quantitative estimate of drug-likeness (QED) is 0.762. The fraction of sp³-hybridized carbons (Fsp3) is 0.357. The molecule has 0 aliphatic carbocycles. The predicted molar refractivity (Wildman–Crippen MR) is 73.7 cm³/mol. The van der Waals surface area contributed by atoms with Gasteiger partial charge in [-0.05, 0) is 12.0 Å². The van der Waals surface area contributed by atoms with Gasteiger partial charge >= 0.3 is 6.09 Å². The largest absolute Gasteiger partial charge is 0.432 e. The van der Waals surface area contributed by atoms with E-state index >= 15 is 0 Å². The van der Waals surface area contributed by atoms with E-state index in [1.54, 1.807) is 0 Å². The predicted octanol–water partition coefficient (Wildman–Crippen LogP) is 0.347. The van der Waals surface area contributed by atoms with Crippen molar-refractivity contribution >= 4 is 17.9 Å². The number of nitrogens with zero attached hydrogens (tertiary/aromatic N) is 1. The molecule has 1 heterocycles. The minimum atomic E-state index is -0.859. The molecule has 1 aromatic rings. The maximum absolute atomic E-state index is 11.5. The maximum Gasteiger partial charge on any atom is 0.432 e. The van der Waals surface area contributed by atoms with Crippen molar-refractivity contribution in [2.75, 3.05) is 6.54 Å². The molecule has 0 saturated carbocycles. The number of imide groups is 1. The van der Waals surface area contributed by atoms with Crippen LogP contribution in [-0.2, 0) is 20.8 Å². The van der Waals surface area contributed by atoms with Crippen molar-refractivity contribution in [3.8, 4) is 0 Å². The molecule has 7 heteroatoms. The molecule has 1 unspecified atom stereocenters. The molecule has 21 heavy (non-hydrogen) atoms. The highest BCUT2D eigenvalue weighted by atomic mass is 16.7. The van der Waals surface area contributed by atoms with Gasteiger partial charge in [-0.3, -0.25) is 9.59 Å². The van der Waals surface area contributed by atoms with E-state index in [9.17, 15) is 14.4 Å². The molecule has 1 atom stereocenters. The van der Waals surface area contributed by atoms with Gasteiger partial charge in [0.05, 0.1) is 0 Å². The number of rotatable bonds is 5. The smallest absolute Gasteiger partial charge is 0.326 e. The molecule has 0 bridgehead atoms. The number of nitrogens with one attached hydrogen (secondary N) is 1. The zero-order valence-electron chi connectivity index (χ0n) is 11.5. The Balaban J connectivity index is 1.73. The number of amides is 3. The van der Waals surface area contributed by atoms with Crippen molar-refractivity contribution in [3.63, 3.8) is 0 Å². The number of nitrogens with two attached hydrogens (primary N) is 1. The second-order valence-corrected chi connectivity index (χ2v) is 4.79. The summed E-state index contributed by atoms with van der Waals surface area (Å²) in [5.74, 6) is -1.02. The summed E-state index contributed by atoms with van der Waals surface area (Å²) in [7, 11) is 0. The molecule has 1 fully saturated rings. The second kappa shape index (κ2) is 6.85. The van der Waals surface area contributed by atoms with E-state index in [0.29, 0.717) is 11.5 Å². The fourth-order valence-electron chi connectivity index (χ4n) is 1.98. The lowest BCUT2D eigenvalue weighted by atomic mass is 10.1. The molecular weight excluding hydrogens is 274 g/mol. The highest BCUT2D eigenvalue weighted by molar-refractivity contribution is 6.01. The number of carbonyl (C=O) groups excluding carboxylic acids is 3. The van der Waals surface area contributed by atoms with Crippen LogP contribution in [-0.4, -0.2) is 35.6 Å². The van der Waals surface area contributed by atoms with E-state index < -0.39 is 17.9 Å². The van der Waals surface area contributed by atoms with Crippen LogP contribution in [0.15, 0.2) is 30.3 Å². The molecule has 1 aromatic carbocycles. The van der Waals surface area contributed by atoms with Gasteiger partial charge in [0, 0.05) is 25.4 Å². The zero-order valence-corrected chi connectivity index (χ0v) is 11.5. The van der Waals surface area contributed by atoms with E-state index in [0.717, 1.165) is 5.56 Å². The topological polar surface area (TPSA) is 102 Å². The number of hydroxylamine groups is 2. The van der Waals surface area contributed by atoms with Crippen LogP contribution in [0.4, 0.5) is 4.79 Å². The lowest BCUT2D eigenvalue weighted by Gasteiger charge is -2.15. The van der Waals surface area contributed by atoms with Gasteiger partial charge in [0.2, 0.25) is 0 Å². The second-order valence-electron chi connectivity index (χ2n) is 4.79. The standard InChI is InChI=1S/C14H17N3O4/c15-11(8-10-4-2-1-3-5-10)9-16-14(20)21-17-12(18)6-7-13(17)19/h1-5,11H,6-9,15H2,(H,16,20). The highest BCUT2D eigenvalue weighted by Crippen LogP contribution is 2.11. The summed E-state index contributed by atoms with van der Waals surface area (Å²) in [4.78, 5) is 38.7. The molecule has 1 aliphatic heterocycles. The first-order valence-electron chi connectivity index (χ1n) is 6.67. The lowest BCUT2D eigenvalue weighted by Crippen LogP contribution is -2.42. The number of hydrogen-bond acceptors (Lipinski definition) is 5. The van der Waals surface area contributed by atoms with Crippen LogP contribution in [0.1, 0.15) is 18.4 Å². The molecular formula is C14H17N3O4. The van der Waals surface area contributed by atoms with Crippen molar-refractivity contribution in [3.05, 3.63) is 35.9 Å².